The minimum atomic E-state index is -0.0474. The van der Waals surface area contributed by atoms with E-state index in [0.29, 0.717) is 6.04 Å². The summed E-state index contributed by atoms with van der Waals surface area (Å²) in [4.78, 5) is 15.5. The Balaban J connectivity index is 1.81. The maximum Gasteiger partial charge on any atom is 0.221 e. The molecule has 114 valence electrons. The maximum atomic E-state index is 11.0. The zero-order chi connectivity index (χ0) is 15.1. The molecule has 0 spiro atoms. The zero-order valence-corrected chi connectivity index (χ0v) is 12.8. The molecule has 0 aliphatic heterocycles. The van der Waals surface area contributed by atoms with Gasteiger partial charge in [-0.2, -0.15) is 0 Å². The zero-order valence-electron chi connectivity index (χ0n) is 12.8. The van der Waals surface area contributed by atoms with Gasteiger partial charge < -0.3 is 16.0 Å². The normalized spacial score (nSPS) is 14.7. The Bertz CT molecular complexity index is 492. The number of amides is 1. The fraction of sp³-hybridized carbons (Fsp3) is 0.500. The first-order valence-electron chi connectivity index (χ1n) is 7.58. The number of hydrogen-bond donors (Lipinski definition) is 3. The van der Waals surface area contributed by atoms with Crippen molar-refractivity contribution in [2.45, 2.75) is 39.2 Å². The van der Waals surface area contributed by atoms with Crippen LogP contribution in [0.15, 0.2) is 29.3 Å². The number of carbonyl (C=O) groups excluding carboxylic acids is 1. The van der Waals surface area contributed by atoms with Crippen molar-refractivity contribution in [3.63, 3.8) is 0 Å². The third-order valence-electron chi connectivity index (χ3n) is 3.21. The van der Waals surface area contributed by atoms with Crippen LogP contribution in [-0.2, 0) is 11.2 Å². The van der Waals surface area contributed by atoms with E-state index in [2.05, 4.69) is 27.9 Å². The second-order valence-corrected chi connectivity index (χ2v) is 5.31. The molecule has 0 heterocycles. The molecule has 0 atom stereocenters. The number of aliphatic imine (C=N–C) groups is 1. The molecule has 0 bridgehead atoms. The average Bonchev–Trinajstić information content (AvgIpc) is 3.24. The second kappa shape index (κ2) is 7.67. The van der Waals surface area contributed by atoms with Crippen LogP contribution in [-0.4, -0.2) is 31.0 Å². The van der Waals surface area contributed by atoms with E-state index in [1.54, 1.807) is 0 Å². The fourth-order valence-electron chi connectivity index (χ4n) is 2.00. The second-order valence-electron chi connectivity index (χ2n) is 5.31. The van der Waals surface area contributed by atoms with Crippen LogP contribution in [0.25, 0.3) is 0 Å². The molecule has 0 radical (unpaired) electrons. The maximum absolute atomic E-state index is 11.0. The lowest BCUT2D eigenvalue weighted by molar-refractivity contribution is -0.114. The number of hydrogen-bond acceptors (Lipinski definition) is 2. The molecule has 1 fully saturated rings. The number of nitrogens with one attached hydrogen (secondary N) is 3. The molecule has 1 aromatic rings. The summed E-state index contributed by atoms with van der Waals surface area (Å²) in [6, 6.07) is 8.52. The first-order chi connectivity index (χ1) is 10.2. The van der Waals surface area contributed by atoms with Crippen molar-refractivity contribution in [2.75, 3.05) is 18.4 Å². The van der Waals surface area contributed by atoms with Crippen molar-refractivity contribution in [2.24, 2.45) is 4.99 Å². The Kier molecular flexibility index (Phi) is 5.60. The van der Waals surface area contributed by atoms with Crippen LogP contribution in [0, 0.1) is 0 Å². The number of benzene rings is 1. The van der Waals surface area contributed by atoms with Crippen molar-refractivity contribution < 1.29 is 4.79 Å². The van der Waals surface area contributed by atoms with Gasteiger partial charge in [0.15, 0.2) is 5.96 Å². The van der Waals surface area contributed by atoms with E-state index >= 15 is 0 Å². The van der Waals surface area contributed by atoms with Gasteiger partial charge in [-0.05, 0) is 43.9 Å². The van der Waals surface area contributed by atoms with Crippen LogP contribution in [0.4, 0.5) is 5.69 Å². The predicted molar refractivity (Wildman–Crippen MR) is 86.6 cm³/mol. The summed E-state index contributed by atoms with van der Waals surface area (Å²) in [6.07, 6.45) is 3.38. The molecule has 3 N–H and O–H groups in total. The predicted octanol–water partition coefficient (Wildman–Crippen LogP) is 1.90. The molecule has 1 amide bonds. The summed E-state index contributed by atoms with van der Waals surface area (Å²) in [5.74, 6) is 0.864. The standard InChI is InChI=1S/C16H24N4O/c1-3-17-16(20-15-8-9-15)18-11-10-13-4-6-14(7-5-13)19-12(2)21/h4-7,15H,3,8-11H2,1-2H3,(H,19,21)(H2,17,18,20). The minimum Gasteiger partial charge on any atom is -0.357 e. The highest BCUT2D eigenvalue weighted by molar-refractivity contribution is 5.88. The molecule has 0 saturated heterocycles. The molecule has 1 aliphatic carbocycles. The van der Waals surface area contributed by atoms with Gasteiger partial charge in [-0.15, -0.1) is 0 Å². The van der Waals surface area contributed by atoms with Gasteiger partial charge in [0.1, 0.15) is 0 Å². The van der Waals surface area contributed by atoms with Crippen molar-refractivity contribution >= 4 is 17.6 Å². The van der Waals surface area contributed by atoms with Crippen molar-refractivity contribution in [3.05, 3.63) is 29.8 Å². The Morgan fingerprint density at radius 3 is 2.57 bits per heavy atom. The van der Waals surface area contributed by atoms with Crippen LogP contribution < -0.4 is 16.0 Å². The summed E-state index contributed by atoms with van der Waals surface area (Å²) in [6.45, 7) is 5.22. The van der Waals surface area contributed by atoms with Crippen LogP contribution >= 0.6 is 0 Å². The summed E-state index contributed by atoms with van der Waals surface area (Å²) in [5, 5.41) is 9.43. The van der Waals surface area contributed by atoms with E-state index in [0.717, 1.165) is 31.2 Å². The number of carbonyl (C=O) groups is 1. The molecule has 0 unspecified atom stereocenters. The minimum absolute atomic E-state index is 0.0474. The Labute approximate surface area is 126 Å². The first kappa shape index (κ1) is 15.4. The van der Waals surface area contributed by atoms with Gasteiger partial charge in [0, 0.05) is 31.7 Å². The molecule has 2 rings (SSSR count). The molecule has 1 aliphatic rings. The van der Waals surface area contributed by atoms with Crippen LogP contribution in [0.1, 0.15) is 32.3 Å². The molecule has 5 heteroatoms. The smallest absolute Gasteiger partial charge is 0.221 e. The van der Waals surface area contributed by atoms with Gasteiger partial charge in [0.2, 0.25) is 5.91 Å². The molecule has 5 nitrogen and oxygen atoms in total. The van der Waals surface area contributed by atoms with Gasteiger partial charge in [-0.3, -0.25) is 9.79 Å². The topological polar surface area (TPSA) is 65.5 Å². The molecule has 1 saturated carbocycles. The molecule has 0 aromatic heterocycles. The van der Waals surface area contributed by atoms with E-state index in [1.807, 2.05) is 24.3 Å². The van der Waals surface area contributed by atoms with Crippen molar-refractivity contribution in [1.82, 2.24) is 10.6 Å². The Morgan fingerprint density at radius 1 is 1.29 bits per heavy atom. The van der Waals surface area contributed by atoms with E-state index in [-0.39, 0.29) is 5.91 Å². The Morgan fingerprint density at radius 2 is 2.00 bits per heavy atom. The lowest BCUT2D eigenvalue weighted by Crippen LogP contribution is -2.38. The third kappa shape index (κ3) is 5.85. The third-order valence-corrected chi connectivity index (χ3v) is 3.21. The van der Waals surface area contributed by atoms with Crippen LogP contribution in [0.2, 0.25) is 0 Å². The average molecular weight is 288 g/mol. The number of rotatable bonds is 6. The van der Waals surface area contributed by atoms with Gasteiger partial charge in [0.25, 0.3) is 0 Å². The van der Waals surface area contributed by atoms with Gasteiger partial charge in [-0.1, -0.05) is 12.1 Å². The lowest BCUT2D eigenvalue weighted by Gasteiger charge is -2.10. The summed E-state index contributed by atoms with van der Waals surface area (Å²) >= 11 is 0. The van der Waals surface area contributed by atoms with Crippen molar-refractivity contribution in [3.8, 4) is 0 Å². The number of guanidine groups is 1. The first-order valence-corrected chi connectivity index (χ1v) is 7.58. The quantitative estimate of drug-likeness (QED) is 0.553. The van der Waals surface area contributed by atoms with E-state index in [9.17, 15) is 4.79 Å². The highest BCUT2D eigenvalue weighted by Crippen LogP contribution is 2.18. The number of anilines is 1. The summed E-state index contributed by atoms with van der Waals surface area (Å²) < 4.78 is 0. The van der Waals surface area contributed by atoms with Gasteiger partial charge in [-0.25, -0.2) is 0 Å². The Hall–Kier alpha value is -2.04. The molecule has 21 heavy (non-hydrogen) atoms. The monoisotopic (exact) mass is 288 g/mol. The summed E-state index contributed by atoms with van der Waals surface area (Å²) in [5.41, 5.74) is 2.05. The lowest BCUT2D eigenvalue weighted by atomic mass is 10.1. The van der Waals surface area contributed by atoms with Crippen LogP contribution in [0.3, 0.4) is 0 Å². The van der Waals surface area contributed by atoms with Gasteiger partial charge >= 0.3 is 0 Å². The molecular weight excluding hydrogens is 264 g/mol. The summed E-state index contributed by atoms with van der Waals surface area (Å²) in [7, 11) is 0. The largest absolute Gasteiger partial charge is 0.357 e. The van der Waals surface area contributed by atoms with E-state index in [1.165, 1.54) is 25.3 Å². The van der Waals surface area contributed by atoms with Crippen molar-refractivity contribution in [1.29, 1.82) is 0 Å². The van der Waals surface area contributed by atoms with E-state index < -0.39 is 0 Å². The van der Waals surface area contributed by atoms with Crippen LogP contribution in [0.5, 0.6) is 0 Å². The highest BCUT2D eigenvalue weighted by atomic mass is 16.1. The molecular formula is C16H24N4O. The number of nitrogens with zero attached hydrogens (tertiary/aromatic N) is 1. The van der Waals surface area contributed by atoms with E-state index in [4.69, 9.17) is 0 Å². The highest BCUT2D eigenvalue weighted by Gasteiger charge is 2.21. The van der Waals surface area contributed by atoms with Gasteiger partial charge in [0.05, 0.1) is 0 Å². The fourth-order valence-corrected chi connectivity index (χ4v) is 2.00. The SMILES string of the molecule is CCNC(=NCCc1ccc(NC(C)=O)cc1)NC1CC1. The molecule has 1 aromatic carbocycles.